The summed E-state index contributed by atoms with van der Waals surface area (Å²) in [6.45, 7) is 10.1. The van der Waals surface area contributed by atoms with Crippen molar-refractivity contribution in [2.45, 2.75) is 71.1 Å². The smallest absolute Gasteiger partial charge is 0.318 e. The van der Waals surface area contributed by atoms with E-state index in [0.717, 1.165) is 41.4 Å². The minimum absolute atomic E-state index is 0.0661. The van der Waals surface area contributed by atoms with Gasteiger partial charge in [-0.05, 0) is 94.1 Å². The molecule has 1 aliphatic heterocycles. The number of piperidine rings is 1. The molecule has 5 rings (SSSR count). The number of ether oxygens (including phenoxy) is 1. The van der Waals surface area contributed by atoms with Gasteiger partial charge in [0.1, 0.15) is 11.8 Å². The number of H-pyrrole nitrogens is 1. The fraction of sp³-hybridized carbons (Fsp3) is 0.405. The molecule has 238 valence electrons. The summed E-state index contributed by atoms with van der Waals surface area (Å²) in [5.41, 5.74) is 6.26. The third-order valence-electron chi connectivity index (χ3n) is 8.75. The standard InChI is InChI=1S/C37H47N5O3/c1-24(2)45-34-16-15-27(23-41(5)6)21-33(34)39-36(43)35(26(4)31-22-38-32-14-10-9-13-30(31)32)40-37(44)42-19-17-28(18-20-42)29-12-8-7-11-25(29)3/h7-16,21-22,24,26,28,35,38H,17-20,23H2,1-6H3,(H,39,43)(H,40,44). The number of hydrogen-bond acceptors (Lipinski definition) is 4. The van der Waals surface area contributed by atoms with Gasteiger partial charge in [0.2, 0.25) is 5.91 Å². The van der Waals surface area contributed by atoms with Crippen molar-refractivity contribution in [3.8, 4) is 5.75 Å². The van der Waals surface area contributed by atoms with E-state index in [0.29, 0.717) is 30.4 Å². The first kappa shape index (κ1) is 32.1. The molecule has 2 unspecified atom stereocenters. The Morgan fingerprint density at radius 2 is 1.71 bits per heavy atom. The number of benzene rings is 3. The number of hydrogen-bond donors (Lipinski definition) is 3. The summed E-state index contributed by atoms with van der Waals surface area (Å²) in [6.07, 6.45) is 3.66. The van der Waals surface area contributed by atoms with Crippen LogP contribution in [0.4, 0.5) is 10.5 Å². The van der Waals surface area contributed by atoms with Gasteiger partial charge in [-0.1, -0.05) is 55.5 Å². The third kappa shape index (κ3) is 7.68. The van der Waals surface area contributed by atoms with Crippen LogP contribution in [0.5, 0.6) is 5.75 Å². The fourth-order valence-electron chi connectivity index (χ4n) is 6.44. The molecule has 45 heavy (non-hydrogen) atoms. The van der Waals surface area contributed by atoms with Crippen LogP contribution in [-0.4, -0.2) is 66.1 Å². The lowest BCUT2D eigenvalue weighted by molar-refractivity contribution is -0.118. The van der Waals surface area contributed by atoms with Crippen LogP contribution in [-0.2, 0) is 11.3 Å². The molecule has 0 aliphatic carbocycles. The molecule has 8 nitrogen and oxygen atoms in total. The molecule has 2 heterocycles. The second-order valence-electron chi connectivity index (χ2n) is 12.8. The predicted octanol–water partition coefficient (Wildman–Crippen LogP) is 7.03. The highest BCUT2D eigenvalue weighted by Gasteiger charge is 2.33. The molecule has 0 radical (unpaired) electrons. The number of para-hydroxylation sites is 1. The maximum absolute atomic E-state index is 14.2. The number of aromatic amines is 1. The number of nitrogens with one attached hydrogen (secondary N) is 3. The largest absolute Gasteiger partial charge is 0.489 e. The van der Waals surface area contributed by atoms with Crippen molar-refractivity contribution in [1.29, 1.82) is 0 Å². The molecular formula is C37H47N5O3. The van der Waals surface area contributed by atoms with Crippen LogP contribution < -0.4 is 15.4 Å². The summed E-state index contributed by atoms with van der Waals surface area (Å²) >= 11 is 0. The van der Waals surface area contributed by atoms with Crippen LogP contribution in [0, 0.1) is 6.92 Å². The number of likely N-dealkylation sites (tertiary alicyclic amines) is 1. The Balaban J connectivity index is 1.39. The number of urea groups is 1. The summed E-state index contributed by atoms with van der Waals surface area (Å²) in [4.78, 5) is 35.3. The number of anilines is 1. The molecule has 1 saturated heterocycles. The topological polar surface area (TPSA) is 89.7 Å². The van der Waals surface area contributed by atoms with Crippen molar-refractivity contribution < 1.29 is 14.3 Å². The average molecular weight is 610 g/mol. The van der Waals surface area contributed by atoms with Gasteiger partial charge in [-0.3, -0.25) is 4.79 Å². The highest BCUT2D eigenvalue weighted by atomic mass is 16.5. The Labute approximate surface area is 267 Å². The van der Waals surface area contributed by atoms with E-state index >= 15 is 0 Å². The normalized spacial score (nSPS) is 15.3. The lowest BCUT2D eigenvalue weighted by atomic mass is 9.87. The molecule has 2 atom stereocenters. The van der Waals surface area contributed by atoms with Gasteiger partial charge < -0.3 is 30.2 Å². The molecule has 1 aromatic heterocycles. The van der Waals surface area contributed by atoms with Gasteiger partial charge in [-0.15, -0.1) is 0 Å². The van der Waals surface area contributed by atoms with Crippen molar-refractivity contribution in [3.63, 3.8) is 0 Å². The van der Waals surface area contributed by atoms with E-state index in [2.05, 4.69) is 51.7 Å². The van der Waals surface area contributed by atoms with E-state index < -0.39 is 6.04 Å². The highest BCUT2D eigenvalue weighted by Crippen LogP contribution is 2.33. The molecule has 3 aromatic carbocycles. The summed E-state index contributed by atoms with van der Waals surface area (Å²) in [6, 6.07) is 21.4. The Hall–Kier alpha value is -4.30. The molecule has 1 aliphatic rings. The zero-order valence-electron chi connectivity index (χ0n) is 27.4. The summed E-state index contributed by atoms with van der Waals surface area (Å²) in [5, 5.41) is 7.32. The minimum Gasteiger partial charge on any atom is -0.489 e. The number of carbonyl (C=O) groups excluding carboxylic acids is 2. The average Bonchev–Trinajstić information content (AvgIpc) is 3.45. The van der Waals surface area contributed by atoms with Crippen molar-refractivity contribution in [2.24, 2.45) is 0 Å². The first-order valence-corrected chi connectivity index (χ1v) is 16.0. The molecule has 3 amide bonds. The molecule has 0 saturated carbocycles. The Kier molecular flexibility index (Phi) is 10.1. The first-order chi connectivity index (χ1) is 21.6. The number of nitrogens with zero attached hydrogens (tertiary/aromatic N) is 2. The second-order valence-corrected chi connectivity index (χ2v) is 12.8. The van der Waals surface area contributed by atoms with Crippen LogP contribution in [0.25, 0.3) is 10.9 Å². The minimum atomic E-state index is -0.824. The van der Waals surface area contributed by atoms with E-state index in [-0.39, 0.29) is 24.0 Å². The molecule has 0 bridgehead atoms. The maximum atomic E-state index is 14.2. The number of rotatable bonds is 10. The summed E-state index contributed by atoms with van der Waals surface area (Å²) < 4.78 is 6.08. The molecule has 3 N–H and O–H groups in total. The van der Waals surface area contributed by atoms with Crippen LogP contribution in [0.3, 0.4) is 0 Å². The molecule has 4 aromatic rings. The number of amides is 3. The lowest BCUT2D eigenvalue weighted by Gasteiger charge is -2.34. The van der Waals surface area contributed by atoms with Crippen molar-refractivity contribution in [2.75, 3.05) is 32.5 Å². The highest BCUT2D eigenvalue weighted by molar-refractivity contribution is 5.99. The predicted molar refractivity (Wildman–Crippen MR) is 182 cm³/mol. The zero-order valence-corrected chi connectivity index (χ0v) is 27.4. The van der Waals surface area contributed by atoms with E-state index in [4.69, 9.17) is 4.74 Å². The lowest BCUT2D eigenvalue weighted by Crippen LogP contribution is -2.53. The van der Waals surface area contributed by atoms with Gasteiger partial charge >= 0.3 is 6.03 Å². The number of carbonyl (C=O) groups is 2. The van der Waals surface area contributed by atoms with Crippen molar-refractivity contribution >= 4 is 28.5 Å². The molecule has 0 spiro atoms. The Morgan fingerprint density at radius 1 is 1.00 bits per heavy atom. The van der Waals surface area contributed by atoms with E-state index in [9.17, 15) is 9.59 Å². The van der Waals surface area contributed by atoms with Gasteiger partial charge in [-0.2, -0.15) is 0 Å². The fourth-order valence-corrected chi connectivity index (χ4v) is 6.44. The first-order valence-electron chi connectivity index (χ1n) is 16.0. The number of fused-ring (bicyclic) bond motifs is 1. The second kappa shape index (κ2) is 14.2. The quantitative estimate of drug-likeness (QED) is 0.180. The third-order valence-corrected chi connectivity index (χ3v) is 8.75. The van der Waals surface area contributed by atoms with E-state index in [1.54, 1.807) is 0 Å². The number of aromatic nitrogens is 1. The maximum Gasteiger partial charge on any atom is 0.318 e. The van der Waals surface area contributed by atoms with E-state index in [1.807, 2.05) is 88.4 Å². The van der Waals surface area contributed by atoms with Crippen LogP contribution in [0.2, 0.25) is 0 Å². The van der Waals surface area contributed by atoms with Crippen molar-refractivity contribution in [3.05, 3.63) is 95.2 Å². The zero-order chi connectivity index (χ0) is 32.1. The van der Waals surface area contributed by atoms with Gasteiger partial charge in [-0.25, -0.2) is 4.79 Å². The van der Waals surface area contributed by atoms with Gasteiger partial charge in [0.15, 0.2) is 0 Å². The van der Waals surface area contributed by atoms with Gasteiger partial charge in [0.05, 0.1) is 11.8 Å². The monoisotopic (exact) mass is 609 g/mol. The van der Waals surface area contributed by atoms with Crippen LogP contribution >= 0.6 is 0 Å². The van der Waals surface area contributed by atoms with Crippen LogP contribution in [0.15, 0.2) is 72.9 Å². The summed E-state index contributed by atoms with van der Waals surface area (Å²) in [7, 11) is 4.02. The van der Waals surface area contributed by atoms with Gasteiger partial charge in [0, 0.05) is 42.7 Å². The van der Waals surface area contributed by atoms with E-state index in [1.165, 1.54) is 11.1 Å². The Bertz CT molecular complexity index is 1620. The molecule has 8 heteroatoms. The van der Waals surface area contributed by atoms with Gasteiger partial charge in [0.25, 0.3) is 0 Å². The molecular weight excluding hydrogens is 562 g/mol. The molecule has 1 fully saturated rings. The van der Waals surface area contributed by atoms with Crippen LogP contribution in [0.1, 0.15) is 67.7 Å². The summed E-state index contributed by atoms with van der Waals surface area (Å²) in [5.74, 6) is 0.429. The van der Waals surface area contributed by atoms with Crippen molar-refractivity contribution in [1.82, 2.24) is 20.1 Å². The number of aryl methyl sites for hydroxylation is 1. The SMILES string of the molecule is Cc1ccccc1C1CCN(C(=O)NC(C(=O)Nc2cc(CN(C)C)ccc2OC(C)C)C(C)c2c[nH]c3ccccc23)CC1. The Morgan fingerprint density at radius 3 is 2.42 bits per heavy atom.